The maximum atomic E-state index is 14.0. The number of rotatable bonds is 8. The van der Waals surface area contributed by atoms with Crippen molar-refractivity contribution in [3.63, 3.8) is 0 Å². The minimum absolute atomic E-state index is 0.0158. The van der Waals surface area contributed by atoms with Gasteiger partial charge in [-0.3, -0.25) is 38.9 Å². The number of nitrogens with one attached hydrogen (secondary N) is 5. The average molecular weight is 722 g/mol. The first-order valence-corrected chi connectivity index (χ1v) is 17.3. The summed E-state index contributed by atoms with van der Waals surface area (Å²) in [7, 11) is 0. The molecule has 2 aromatic rings. The van der Waals surface area contributed by atoms with E-state index in [2.05, 4.69) is 26.6 Å². The Hall–Kier alpha value is -5.67. The van der Waals surface area contributed by atoms with Crippen molar-refractivity contribution in [2.24, 2.45) is 11.7 Å². The minimum atomic E-state index is -1.28. The zero-order chi connectivity index (χ0) is 37.6. The lowest BCUT2D eigenvalue weighted by atomic mass is 9.84. The number of non-ortho nitro benzene ring substituents is 1. The average Bonchev–Trinajstić information content (AvgIpc) is 3.12. The maximum absolute atomic E-state index is 14.0. The SMILES string of the molecule is NC(=O)[C@@H]1CCCNC(=O)[C@H](Cc2ccc([N+](=O)[O-])cc2)NC(=O)[C@H](Cc2ccc(F)cc2)NC(=O)[C@H](CC2CCCCC2)NC(=O)/C=C/C(=O)N1. The molecule has 2 aliphatic rings. The van der Waals surface area contributed by atoms with Crippen molar-refractivity contribution in [1.29, 1.82) is 0 Å². The Kier molecular flexibility index (Phi) is 14.4. The molecule has 0 bridgehead atoms. The van der Waals surface area contributed by atoms with E-state index in [9.17, 15) is 43.3 Å². The molecule has 0 radical (unpaired) electrons. The van der Waals surface area contributed by atoms with Crippen molar-refractivity contribution in [1.82, 2.24) is 26.6 Å². The minimum Gasteiger partial charge on any atom is -0.368 e. The van der Waals surface area contributed by atoms with Gasteiger partial charge in [0.2, 0.25) is 35.4 Å². The molecular formula is C36H44FN7O8. The van der Waals surface area contributed by atoms with Crippen molar-refractivity contribution >= 4 is 41.1 Å². The predicted molar refractivity (Wildman–Crippen MR) is 186 cm³/mol. The van der Waals surface area contributed by atoms with Gasteiger partial charge in [-0.05, 0) is 48.4 Å². The third kappa shape index (κ3) is 12.3. The Bertz CT molecular complexity index is 1640. The monoisotopic (exact) mass is 721 g/mol. The van der Waals surface area contributed by atoms with Gasteiger partial charge in [0.15, 0.2) is 0 Å². The molecule has 6 amide bonds. The lowest BCUT2D eigenvalue weighted by Gasteiger charge is -2.28. The molecule has 52 heavy (non-hydrogen) atoms. The van der Waals surface area contributed by atoms with E-state index in [0.29, 0.717) is 11.1 Å². The predicted octanol–water partition coefficient (Wildman–Crippen LogP) is 1.38. The van der Waals surface area contributed by atoms with Gasteiger partial charge < -0.3 is 32.3 Å². The van der Waals surface area contributed by atoms with Crippen LogP contribution in [0.3, 0.4) is 0 Å². The highest BCUT2D eigenvalue weighted by molar-refractivity contribution is 6.00. The van der Waals surface area contributed by atoms with Gasteiger partial charge in [-0.2, -0.15) is 0 Å². The van der Waals surface area contributed by atoms with Gasteiger partial charge in [0.25, 0.3) is 5.69 Å². The summed E-state index contributed by atoms with van der Waals surface area (Å²) in [5.41, 5.74) is 6.30. The largest absolute Gasteiger partial charge is 0.368 e. The first-order valence-electron chi connectivity index (χ1n) is 17.3. The Morgan fingerprint density at radius 2 is 1.25 bits per heavy atom. The molecule has 1 saturated carbocycles. The summed E-state index contributed by atoms with van der Waals surface area (Å²) in [6, 6.07) is 6.05. The normalized spacial score (nSPS) is 23.7. The van der Waals surface area contributed by atoms with E-state index in [1.807, 2.05) is 0 Å². The molecule has 15 nitrogen and oxygen atoms in total. The number of hydrogen-bond donors (Lipinski definition) is 6. The number of amides is 6. The summed E-state index contributed by atoms with van der Waals surface area (Å²) in [5, 5.41) is 24.4. The zero-order valence-electron chi connectivity index (χ0n) is 28.6. The summed E-state index contributed by atoms with van der Waals surface area (Å²) in [6.45, 7) is 0.0158. The quantitative estimate of drug-likeness (QED) is 0.172. The van der Waals surface area contributed by atoms with Crippen LogP contribution in [0.5, 0.6) is 0 Å². The van der Waals surface area contributed by atoms with E-state index in [0.717, 1.165) is 44.3 Å². The molecule has 0 saturated heterocycles. The van der Waals surface area contributed by atoms with Crippen LogP contribution in [0.4, 0.5) is 10.1 Å². The van der Waals surface area contributed by atoms with E-state index in [1.165, 1.54) is 48.5 Å². The Morgan fingerprint density at radius 1 is 0.712 bits per heavy atom. The number of nitrogens with two attached hydrogens (primary N) is 1. The number of halogens is 1. The van der Waals surface area contributed by atoms with Crippen LogP contribution in [0, 0.1) is 21.8 Å². The number of nitro groups is 1. The lowest BCUT2D eigenvalue weighted by molar-refractivity contribution is -0.384. The standard InChI is InChI=1S/C36H44FN7O8/c37-25-12-8-23(9-13-25)21-30-36(50)42-28(20-24-10-14-26(15-11-24)44(51)52)34(48)39-18-4-7-27(33(38)47)40-31(45)16-17-32(46)41-29(35(49)43-30)19-22-5-2-1-3-6-22/h8-17,22,27-30H,1-7,18-21H2,(H2,38,47)(H,39,48)(H,40,45)(H,41,46)(H,42,50)(H,43,49)/b17-16+/t27-,28-,29-,30-/m0/s1. The molecule has 7 N–H and O–H groups in total. The molecule has 4 rings (SSSR count). The molecule has 16 heteroatoms. The molecule has 4 atom stereocenters. The van der Waals surface area contributed by atoms with E-state index < -0.39 is 70.4 Å². The Balaban J connectivity index is 1.67. The summed E-state index contributed by atoms with van der Waals surface area (Å²) < 4.78 is 13.8. The molecule has 2 aromatic carbocycles. The van der Waals surface area contributed by atoms with Crippen LogP contribution in [0.1, 0.15) is 62.5 Å². The summed E-state index contributed by atoms with van der Waals surface area (Å²) >= 11 is 0. The molecule has 1 fully saturated rings. The lowest BCUT2D eigenvalue weighted by Crippen LogP contribution is -2.58. The fourth-order valence-electron chi connectivity index (χ4n) is 6.31. The van der Waals surface area contributed by atoms with Crippen LogP contribution in [0.2, 0.25) is 0 Å². The first kappa shape index (κ1) is 39.1. The highest BCUT2D eigenvalue weighted by Gasteiger charge is 2.32. The van der Waals surface area contributed by atoms with Crippen LogP contribution in [-0.2, 0) is 41.6 Å². The topological polar surface area (TPSA) is 232 Å². The molecule has 1 heterocycles. The summed E-state index contributed by atoms with van der Waals surface area (Å²) in [4.78, 5) is 89.8. The number of hydrogen-bond acceptors (Lipinski definition) is 8. The van der Waals surface area contributed by atoms with E-state index >= 15 is 0 Å². The molecule has 0 unspecified atom stereocenters. The zero-order valence-corrected chi connectivity index (χ0v) is 28.6. The Labute approximate surface area is 299 Å². The molecule has 1 aliphatic carbocycles. The molecule has 278 valence electrons. The highest BCUT2D eigenvalue weighted by Crippen LogP contribution is 2.27. The third-order valence-corrected chi connectivity index (χ3v) is 9.15. The van der Waals surface area contributed by atoms with Crippen molar-refractivity contribution in [3.05, 3.63) is 87.7 Å². The second-order valence-corrected chi connectivity index (χ2v) is 13.1. The second-order valence-electron chi connectivity index (χ2n) is 13.1. The number of primary amides is 1. The maximum Gasteiger partial charge on any atom is 0.269 e. The van der Waals surface area contributed by atoms with Crippen LogP contribution >= 0.6 is 0 Å². The molecule has 0 aromatic heterocycles. The second kappa shape index (κ2) is 19.1. The van der Waals surface area contributed by atoms with Crippen molar-refractivity contribution in [3.8, 4) is 0 Å². The number of carbonyl (C=O) groups excluding carboxylic acids is 6. The highest BCUT2D eigenvalue weighted by atomic mass is 19.1. The van der Waals surface area contributed by atoms with Gasteiger partial charge in [-0.25, -0.2) is 4.39 Å². The van der Waals surface area contributed by atoms with Gasteiger partial charge in [-0.15, -0.1) is 0 Å². The van der Waals surface area contributed by atoms with Crippen LogP contribution in [-0.4, -0.2) is 71.1 Å². The smallest absolute Gasteiger partial charge is 0.269 e. The third-order valence-electron chi connectivity index (χ3n) is 9.15. The van der Waals surface area contributed by atoms with E-state index in [4.69, 9.17) is 5.73 Å². The molecular weight excluding hydrogens is 677 g/mol. The van der Waals surface area contributed by atoms with Crippen LogP contribution < -0.4 is 32.3 Å². The number of nitro benzene ring substituents is 1. The van der Waals surface area contributed by atoms with Crippen molar-refractivity contribution < 1.29 is 38.1 Å². The van der Waals surface area contributed by atoms with Crippen LogP contribution in [0.25, 0.3) is 0 Å². The number of nitrogens with zero attached hydrogens (tertiary/aromatic N) is 1. The van der Waals surface area contributed by atoms with Crippen LogP contribution in [0.15, 0.2) is 60.7 Å². The van der Waals surface area contributed by atoms with Gasteiger partial charge in [0.1, 0.15) is 30.0 Å². The van der Waals surface area contributed by atoms with Gasteiger partial charge in [-0.1, -0.05) is 56.4 Å². The fourth-order valence-corrected chi connectivity index (χ4v) is 6.31. The van der Waals surface area contributed by atoms with Crippen molar-refractivity contribution in [2.45, 2.75) is 88.4 Å². The first-order chi connectivity index (χ1) is 24.9. The summed E-state index contributed by atoms with van der Waals surface area (Å²) in [6.07, 6.45) is 6.83. The Morgan fingerprint density at radius 3 is 1.83 bits per heavy atom. The van der Waals surface area contributed by atoms with E-state index in [1.54, 1.807) is 0 Å². The molecule has 1 aliphatic heterocycles. The fraction of sp³-hybridized carbons (Fsp3) is 0.444. The summed E-state index contributed by atoms with van der Waals surface area (Å²) in [5.74, 6) is -4.80. The van der Waals surface area contributed by atoms with Crippen molar-refractivity contribution in [2.75, 3.05) is 6.54 Å². The van der Waals surface area contributed by atoms with Gasteiger partial charge in [0.05, 0.1) is 4.92 Å². The molecule has 0 spiro atoms. The van der Waals surface area contributed by atoms with Gasteiger partial charge >= 0.3 is 0 Å². The number of carbonyl (C=O) groups is 6. The van der Waals surface area contributed by atoms with E-state index in [-0.39, 0.29) is 50.3 Å². The van der Waals surface area contributed by atoms with Gasteiger partial charge in [0, 0.05) is 43.7 Å². The number of benzene rings is 2.